The Labute approximate surface area is 163 Å². The molecule has 4 rings (SSSR count). The van der Waals surface area contributed by atoms with Gasteiger partial charge in [-0.25, -0.2) is 0 Å². The van der Waals surface area contributed by atoms with Crippen molar-refractivity contribution < 1.29 is 4.74 Å². The van der Waals surface area contributed by atoms with Crippen molar-refractivity contribution in [3.63, 3.8) is 0 Å². The van der Waals surface area contributed by atoms with Gasteiger partial charge in [-0.15, -0.1) is 0 Å². The summed E-state index contributed by atoms with van der Waals surface area (Å²) < 4.78 is 5.68. The fourth-order valence-electron chi connectivity index (χ4n) is 4.71. The quantitative estimate of drug-likeness (QED) is 0.833. The Balaban J connectivity index is 1.38. The van der Waals surface area contributed by atoms with E-state index in [1.165, 1.54) is 24.1 Å². The van der Waals surface area contributed by atoms with Crippen molar-refractivity contribution in [1.82, 2.24) is 10.2 Å². The summed E-state index contributed by atoms with van der Waals surface area (Å²) in [6, 6.07) is 23.0. The fourth-order valence-corrected chi connectivity index (χ4v) is 4.71. The van der Waals surface area contributed by atoms with Crippen LogP contribution in [0.4, 0.5) is 0 Å². The van der Waals surface area contributed by atoms with Crippen molar-refractivity contribution in [2.24, 2.45) is 0 Å². The number of hydrogen-bond acceptors (Lipinski definition) is 3. The molecular weight excluding hydrogens is 332 g/mol. The maximum absolute atomic E-state index is 5.68. The Hall–Kier alpha value is -1.68. The smallest absolute Gasteiger partial charge is 0.0475 e. The molecule has 1 N–H and O–H groups in total. The molecule has 2 unspecified atom stereocenters. The van der Waals surface area contributed by atoms with Crippen LogP contribution >= 0.6 is 0 Å². The zero-order valence-electron chi connectivity index (χ0n) is 16.4. The van der Waals surface area contributed by atoms with E-state index in [1.54, 1.807) is 0 Å². The van der Waals surface area contributed by atoms with Gasteiger partial charge >= 0.3 is 0 Å². The number of likely N-dealkylation sites (tertiary alicyclic amines) is 1. The van der Waals surface area contributed by atoms with Crippen LogP contribution in [0.5, 0.6) is 0 Å². The van der Waals surface area contributed by atoms with Gasteiger partial charge in [-0.05, 0) is 37.3 Å². The first-order valence-corrected chi connectivity index (χ1v) is 10.4. The lowest BCUT2D eigenvalue weighted by Gasteiger charge is -2.39. The van der Waals surface area contributed by atoms with Crippen LogP contribution in [0, 0.1) is 0 Å². The first-order valence-electron chi connectivity index (χ1n) is 10.4. The zero-order valence-corrected chi connectivity index (χ0v) is 16.4. The SMILES string of the molecule is CC(c1ccccc1)N1CCC(NCC2(c3ccccc3)CCOCC2)C1. The first-order chi connectivity index (χ1) is 13.3. The number of rotatable bonds is 6. The van der Waals surface area contributed by atoms with Crippen LogP contribution in [0.25, 0.3) is 0 Å². The topological polar surface area (TPSA) is 24.5 Å². The van der Waals surface area contributed by atoms with Gasteiger partial charge in [-0.1, -0.05) is 60.7 Å². The lowest BCUT2D eigenvalue weighted by molar-refractivity contribution is 0.0489. The van der Waals surface area contributed by atoms with Crippen LogP contribution < -0.4 is 5.32 Å². The molecule has 2 atom stereocenters. The van der Waals surface area contributed by atoms with Crippen LogP contribution in [0.1, 0.15) is 43.4 Å². The van der Waals surface area contributed by atoms with Gasteiger partial charge in [-0.3, -0.25) is 4.90 Å². The predicted octanol–water partition coefficient (Wildman–Crippen LogP) is 4.16. The van der Waals surface area contributed by atoms with Crippen molar-refractivity contribution >= 4 is 0 Å². The van der Waals surface area contributed by atoms with Crippen molar-refractivity contribution in [2.45, 2.75) is 43.7 Å². The highest BCUT2D eigenvalue weighted by Crippen LogP contribution is 2.34. The second-order valence-electron chi connectivity index (χ2n) is 8.21. The third-order valence-electron chi connectivity index (χ3n) is 6.61. The normalized spacial score (nSPS) is 24.0. The van der Waals surface area contributed by atoms with E-state index in [1.807, 2.05) is 0 Å². The molecule has 2 fully saturated rings. The van der Waals surface area contributed by atoms with E-state index in [9.17, 15) is 0 Å². The summed E-state index contributed by atoms with van der Waals surface area (Å²) in [6.45, 7) is 7.45. The Morgan fingerprint density at radius 3 is 2.41 bits per heavy atom. The molecule has 3 heteroatoms. The van der Waals surface area contributed by atoms with Crippen LogP contribution in [-0.2, 0) is 10.2 Å². The van der Waals surface area contributed by atoms with Crippen molar-refractivity contribution in [2.75, 3.05) is 32.8 Å². The maximum atomic E-state index is 5.68. The number of hydrogen-bond donors (Lipinski definition) is 1. The van der Waals surface area contributed by atoms with Crippen LogP contribution in [0.2, 0.25) is 0 Å². The highest BCUT2D eigenvalue weighted by Gasteiger charge is 2.36. The molecule has 0 saturated carbocycles. The van der Waals surface area contributed by atoms with Crippen LogP contribution in [-0.4, -0.2) is 43.8 Å². The minimum Gasteiger partial charge on any atom is -0.381 e. The summed E-state index contributed by atoms with van der Waals surface area (Å²) >= 11 is 0. The molecule has 2 saturated heterocycles. The minimum atomic E-state index is 0.220. The second kappa shape index (κ2) is 8.55. The molecule has 2 aliphatic heterocycles. The fraction of sp³-hybridized carbons (Fsp3) is 0.500. The third-order valence-corrected chi connectivity index (χ3v) is 6.61. The summed E-state index contributed by atoms with van der Waals surface area (Å²) in [5.74, 6) is 0. The monoisotopic (exact) mass is 364 g/mol. The van der Waals surface area contributed by atoms with E-state index in [0.717, 1.165) is 39.1 Å². The molecule has 0 spiro atoms. The molecule has 0 aromatic heterocycles. The van der Waals surface area contributed by atoms with E-state index >= 15 is 0 Å². The molecule has 2 aliphatic rings. The van der Waals surface area contributed by atoms with Gasteiger partial charge in [0.15, 0.2) is 0 Å². The molecule has 3 nitrogen and oxygen atoms in total. The second-order valence-corrected chi connectivity index (χ2v) is 8.21. The van der Waals surface area contributed by atoms with E-state index < -0.39 is 0 Å². The maximum Gasteiger partial charge on any atom is 0.0475 e. The average molecular weight is 365 g/mol. The van der Waals surface area contributed by atoms with Gasteiger partial charge in [0.2, 0.25) is 0 Å². The molecule has 2 aromatic rings. The van der Waals surface area contributed by atoms with Crippen LogP contribution in [0.3, 0.4) is 0 Å². The molecule has 2 aromatic carbocycles. The third kappa shape index (κ3) is 4.26. The van der Waals surface area contributed by atoms with Gasteiger partial charge in [0.1, 0.15) is 0 Å². The Kier molecular flexibility index (Phi) is 5.92. The van der Waals surface area contributed by atoms with Gasteiger partial charge in [-0.2, -0.15) is 0 Å². The van der Waals surface area contributed by atoms with Crippen LogP contribution in [0.15, 0.2) is 60.7 Å². The lowest BCUT2D eigenvalue weighted by Crippen LogP contribution is -2.46. The molecule has 2 heterocycles. The van der Waals surface area contributed by atoms with E-state index in [2.05, 4.69) is 77.8 Å². The number of nitrogens with zero attached hydrogens (tertiary/aromatic N) is 1. The Morgan fingerprint density at radius 1 is 1.04 bits per heavy atom. The molecule has 0 radical (unpaired) electrons. The summed E-state index contributed by atoms with van der Waals surface area (Å²) in [6.07, 6.45) is 3.46. The molecule has 0 bridgehead atoms. The largest absolute Gasteiger partial charge is 0.381 e. The van der Waals surface area contributed by atoms with Gasteiger partial charge in [0, 0.05) is 50.3 Å². The standard InChI is InChI=1S/C24H32N2O/c1-20(21-8-4-2-5-9-21)26-15-12-23(18-26)25-19-24(13-16-27-17-14-24)22-10-6-3-7-11-22/h2-11,20,23,25H,12-19H2,1H3. The van der Waals surface area contributed by atoms with Crippen molar-refractivity contribution in [3.05, 3.63) is 71.8 Å². The summed E-state index contributed by atoms with van der Waals surface area (Å²) in [4.78, 5) is 2.62. The Morgan fingerprint density at radius 2 is 1.70 bits per heavy atom. The van der Waals surface area contributed by atoms with Gasteiger partial charge in [0.25, 0.3) is 0 Å². The summed E-state index contributed by atoms with van der Waals surface area (Å²) in [5.41, 5.74) is 3.11. The summed E-state index contributed by atoms with van der Waals surface area (Å²) in [7, 11) is 0. The molecule has 0 aliphatic carbocycles. The minimum absolute atomic E-state index is 0.220. The lowest BCUT2D eigenvalue weighted by atomic mass is 9.74. The highest BCUT2D eigenvalue weighted by atomic mass is 16.5. The summed E-state index contributed by atoms with van der Waals surface area (Å²) in [5, 5.41) is 3.93. The molecule has 0 amide bonds. The molecule has 144 valence electrons. The van der Waals surface area contributed by atoms with E-state index in [0.29, 0.717) is 12.1 Å². The predicted molar refractivity (Wildman–Crippen MR) is 111 cm³/mol. The highest BCUT2D eigenvalue weighted by molar-refractivity contribution is 5.27. The number of benzene rings is 2. The zero-order chi connectivity index (χ0) is 18.5. The molecule has 27 heavy (non-hydrogen) atoms. The molecular formula is C24H32N2O. The van der Waals surface area contributed by atoms with Crippen molar-refractivity contribution in [3.8, 4) is 0 Å². The average Bonchev–Trinajstić information content (AvgIpc) is 3.23. The van der Waals surface area contributed by atoms with Crippen molar-refractivity contribution in [1.29, 1.82) is 0 Å². The van der Waals surface area contributed by atoms with Gasteiger partial charge < -0.3 is 10.1 Å². The number of ether oxygens (including phenoxy) is 1. The number of nitrogens with one attached hydrogen (secondary N) is 1. The first kappa shape index (κ1) is 18.7. The van der Waals surface area contributed by atoms with Gasteiger partial charge in [0.05, 0.1) is 0 Å². The van der Waals surface area contributed by atoms with E-state index in [-0.39, 0.29) is 5.41 Å². The van der Waals surface area contributed by atoms with E-state index in [4.69, 9.17) is 4.74 Å². The Bertz CT molecular complexity index is 697.